The Morgan fingerprint density at radius 3 is 2.48 bits per heavy atom. The molecule has 4 rings (SSSR count). The summed E-state index contributed by atoms with van der Waals surface area (Å²) in [4.78, 5) is 23.9. The number of nitrogens with one attached hydrogen (secondary N) is 2. The van der Waals surface area contributed by atoms with Gasteiger partial charge in [0.05, 0.1) is 24.3 Å². The van der Waals surface area contributed by atoms with Crippen molar-refractivity contribution in [1.82, 2.24) is 19.5 Å². The van der Waals surface area contributed by atoms with Crippen LogP contribution in [0.25, 0.3) is 5.69 Å². The molecule has 3 aromatic rings. The molecule has 0 bridgehead atoms. The molecule has 11 heteroatoms. The first-order valence-corrected chi connectivity index (χ1v) is 9.61. The quantitative estimate of drug-likeness (QED) is 0.592. The summed E-state index contributed by atoms with van der Waals surface area (Å²) in [5, 5.41) is 6.22. The van der Waals surface area contributed by atoms with E-state index in [1.54, 1.807) is 18.3 Å². The summed E-state index contributed by atoms with van der Waals surface area (Å²) in [5.41, 5.74) is 0.0705. The molecule has 1 aliphatic carbocycles. The molecular weight excluding hydrogens is 413 g/mol. The number of hydrogen-bond acceptors (Lipinski definition) is 7. The number of pyridine rings is 2. The lowest BCUT2D eigenvalue weighted by Gasteiger charge is -2.16. The van der Waals surface area contributed by atoms with Crippen LogP contribution in [-0.2, 0) is 0 Å². The first-order valence-electron chi connectivity index (χ1n) is 9.61. The van der Waals surface area contributed by atoms with Crippen LogP contribution in [0.3, 0.4) is 0 Å². The highest BCUT2D eigenvalue weighted by molar-refractivity contribution is 5.44. The van der Waals surface area contributed by atoms with Gasteiger partial charge in [0.15, 0.2) is 17.4 Å². The minimum atomic E-state index is -2.93. The third kappa shape index (κ3) is 5.11. The van der Waals surface area contributed by atoms with Crippen molar-refractivity contribution in [3.63, 3.8) is 0 Å². The standard InChI is InChI=1S/C20H19F3N6O2/c21-16-8-14(29-6-2-1-3-17(29)30)9-24-18(16)27-12-4-5-13(7-12)28-20-25-10-15(11-26-20)31-19(22)23/h1-3,6,8-13,19H,4-5,7H2,(H,24,27)(H,25,26,28)/t12-,13-/m0/s1. The lowest BCUT2D eigenvalue weighted by Crippen LogP contribution is -2.22. The van der Waals surface area contributed by atoms with Crippen LogP contribution < -0.4 is 20.9 Å². The van der Waals surface area contributed by atoms with Gasteiger partial charge in [0.1, 0.15) is 0 Å². The zero-order valence-electron chi connectivity index (χ0n) is 16.2. The van der Waals surface area contributed by atoms with E-state index >= 15 is 0 Å². The highest BCUT2D eigenvalue weighted by atomic mass is 19.3. The topological polar surface area (TPSA) is 94.0 Å². The highest BCUT2D eigenvalue weighted by Crippen LogP contribution is 2.26. The third-order valence-electron chi connectivity index (χ3n) is 4.89. The molecule has 162 valence electrons. The Kier molecular flexibility index (Phi) is 6.01. The lowest BCUT2D eigenvalue weighted by atomic mass is 10.2. The fourth-order valence-corrected chi connectivity index (χ4v) is 3.48. The summed E-state index contributed by atoms with van der Waals surface area (Å²) in [6.07, 6.45) is 7.55. The van der Waals surface area contributed by atoms with Crippen molar-refractivity contribution in [2.24, 2.45) is 0 Å². The van der Waals surface area contributed by atoms with Crippen LogP contribution in [0.15, 0.2) is 53.8 Å². The van der Waals surface area contributed by atoms with Gasteiger partial charge in [-0.2, -0.15) is 8.78 Å². The van der Waals surface area contributed by atoms with Gasteiger partial charge < -0.3 is 15.4 Å². The number of hydrogen-bond donors (Lipinski definition) is 2. The van der Waals surface area contributed by atoms with Crippen molar-refractivity contribution in [1.29, 1.82) is 0 Å². The minimum absolute atomic E-state index is 0.0220. The molecule has 1 fully saturated rings. The minimum Gasteiger partial charge on any atom is -0.432 e. The molecule has 2 N–H and O–H groups in total. The summed E-state index contributed by atoms with van der Waals surface area (Å²) in [6, 6.07) is 5.95. The van der Waals surface area contributed by atoms with E-state index in [-0.39, 0.29) is 29.2 Å². The summed E-state index contributed by atoms with van der Waals surface area (Å²) in [7, 11) is 0. The summed E-state index contributed by atoms with van der Waals surface area (Å²) in [6.45, 7) is -2.93. The van der Waals surface area contributed by atoms with Gasteiger partial charge in [-0.05, 0) is 25.3 Å². The maximum absolute atomic E-state index is 14.6. The van der Waals surface area contributed by atoms with E-state index in [0.29, 0.717) is 18.1 Å². The van der Waals surface area contributed by atoms with E-state index in [0.717, 1.165) is 12.8 Å². The predicted octanol–water partition coefficient (Wildman–Crippen LogP) is 3.21. The summed E-state index contributed by atoms with van der Waals surface area (Å²) < 4.78 is 44.4. The number of alkyl halides is 2. The Morgan fingerprint density at radius 1 is 1.06 bits per heavy atom. The summed E-state index contributed by atoms with van der Waals surface area (Å²) in [5.74, 6) is -0.255. The Balaban J connectivity index is 1.35. The molecular formula is C20H19F3N6O2. The normalized spacial score (nSPS) is 18.2. The van der Waals surface area contributed by atoms with Gasteiger partial charge >= 0.3 is 6.61 Å². The Morgan fingerprint density at radius 2 is 1.81 bits per heavy atom. The molecule has 0 radical (unpaired) electrons. The number of aromatic nitrogens is 4. The maximum Gasteiger partial charge on any atom is 0.387 e. The maximum atomic E-state index is 14.6. The molecule has 8 nitrogen and oxygen atoms in total. The fraction of sp³-hybridized carbons (Fsp3) is 0.300. The van der Waals surface area contributed by atoms with Gasteiger partial charge in [0, 0.05) is 30.4 Å². The van der Waals surface area contributed by atoms with Crippen molar-refractivity contribution in [2.75, 3.05) is 10.6 Å². The second-order valence-electron chi connectivity index (χ2n) is 7.05. The molecule has 31 heavy (non-hydrogen) atoms. The third-order valence-corrected chi connectivity index (χ3v) is 4.89. The zero-order valence-corrected chi connectivity index (χ0v) is 16.2. The smallest absolute Gasteiger partial charge is 0.387 e. The van der Waals surface area contributed by atoms with Gasteiger partial charge in [0.25, 0.3) is 5.56 Å². The zero-order chi connectivity index (χ0) is 21.8. The monoisotopic (exact) mass is 432 g/mol. The molecule has 0 spiro atoms. The SMILES string of the molecule is O=c1ccccn1-c1cnc(N[C@H]2CC[C@H](Nc3ncc(OC(F)F)cn3)C2)c(F)c1. The number of nitrogens with zero attached hydrogens (tertiary/aromatic N) is 4. The van der Waals surface area contributed by atoms with E-state index in [1.165, 1.54) is 35.3 Å². The second-order valence-corrected chi connectivity index (χ2v) is 7.05. The Bertz CT molecular complexity index is 1090. The van der Waals surface area contributed by atoms with E-state index in [4.69, 9.17) is 0 Å². The number of anilines is 2. The van der Waals surface area contributed by atoms with E-state index in [2.05, 4.69) is 30.3 Å². The Labute approximate surface area is 175 Å². The number of rotatable bonds is 7. The molecule has 0 amide bonds. The molecule has 2 atom stereocenters. The van der Waals surface area contributed by atoms with Crippen LogP contribution in [-0.4, -0.2) is 38.2 Å². The van der Waals surface area contributed by atoms with Crippen molar-refractivity contribution in [3.05, 3.63) is 65.2 Å². The molecule has 0 unspecified atom stereocenters. The molecule has 0 saturated heterocycles. The van der Waals surface area contributed by atoms with Crippen molar-refractivity contribution < 1.29 is 17.9 Å². The lowest BCUT2D eigenvalue weighted by molar-refractivity contribution is -0.0503. The van der Waals surface area contributed by atoms with Gasteiger partial charge in [-0.3, -0.25) is 9.36 Å². The number of ether oxygens (including phenoxy) is 1. The van der Waals surface area contributed by atoms with Gasteiger partial charge in [-0.1, -0.05) is 6.07 Å². The van der Waals surface area contributed by atoms with Gasteiger partial charge in [-0.15, -0.1) is 0 Å². The largest absolute Gasteiger partial charge is 0.432 e. The van der Waals surface area contributed by atoms with E-state index in [9.17, 15) is 18.0 Å². The average Bonchev–Trinajstić information content (AvgIpc) is 3.18. The molecule has 3 heterocycles. The fourth-order valence-electron chi connectivity index (χ4n) is 3.48. The molecule has 0 aliphatic heterocycles. The van der Waals surface area contributed by atoms with Crippen LogP contribution in [0.5, 0.6) is 5.75 Å². The Hall–Kier alpha value is -3.63. The van der Waals surface area contributed by atoms with E-state index in [1.807, 2.05) is 0 Å². The molecule has 3 aromatic heterocycles. The molecule has 1 aliphatic rings. The van der Waals surface area contributed by atoms with Crippen molar-refractivity contribution in [3.8, 4) is 11.4 Å². The van der Waals surface area contributed by atoms with Crippen molar-refractivity contribution in [2.45, 2.75) is 38.0 Å². The van der Waals surface area contributed by atoms with E-state index < -0.39 is 12.4 Å². The predicted molar refractivity (Wildman–Crippen MR) is 107 cm³/mol. The summed E-state index contributed by atoms with van der Waals surface area (Å²) >= 11 is 0. The average molecular weight is 432 g/mol. The van der Waals surface area contributed by atoms with Gasteiger partial charge in [-0.25, -0.2) is 19.3 Å². The second kappa shape index (κ2) is 9.02. The number of halogens is 3. The molecule has 0 aromatic carbocycles. The van der Waals surface area contributed by atoms with Crippen LogP contribution in [0, 0.1) is 5.82 Å². The highest BCUT2D eigenvalue weighted by Gasteiger charge is 2.26. The van der Waals surface area contributed by atoms with Crippen molar-refractivity contribution >= 4 is 11.8 Å². The first kappa shape index (κ1) is 20.6. The van der Waals surface area contributed by atoms with Crippen LogP contribution in [0.4, 0.5) is 24.9 Å². The van der Waals surface area contributed by atoms with Crippen LogP contribution >= 0.6 is 0 Å². The van der Waals surface area contributed by atoms with Crippen LogP contribution in [0.1, 0.15) is 19.3 Å². The first-order chi connectivity index (χ1) is 15.0. The molecule has 1 saturated carbocycles. The van der Waals surface area contributed by atoms with Crippen LogP contribution in [0.2, 0.25) is 0 Å². The van der Waals surface area contributed by atoms with Gasteiger partial charge in [0.2, 0.25) is 5.95 Å².